The molecule has 0 heterocycles. The maximum Gasteiger partial charge on any atom is 0.118 e. The van der Waals surface area contributed by atoms with Gasteiger partial charge in [0.05, 0.1) is 0 Å². The molecular weight excluding hydrogens is 114 g/mol. The zero-order valence-corrected chi connectivity index (χ0v) is 5.16. The van der Waals surface area contributed by atoms with Crippen LogP contribution in [0.1, 0.15) is 13.8 Å². The number of nitrogens with one attached hydrogen (secondary N) is 1. The lowest BCUT2D eigenvalue weighted by molar-refractivity contribution is 0.250. The monoisotopic (exact) mass is 123 g/mol. The summed E-state index contributed by atoms with van der Waals surface area (Å²) in [6, 6.07) is 0. The van der Waals surface area contributed by atoms with Crippen LogP contribution in [0.3, 0.4) is 0 Å². The molecule has 0 aliphatic rings. The third kappa shape index (κ3) is 2.73. The molecule has 4 heteroatoms. The summed E-state index contributed by atoms with van der Waals surface area (Å²) in [4.78, 5) is 1.64. The first-order valence-electron chi connectivity index (χ1n) is 1.98. The zero-order chi connectivity index (χ0) is 5.86. The molecule has 7 heavy (non-hydrogen) atoms. The van der Waals surface area contributed by atoms with Crippen molar-refractivity contribution < 1.29 is 9.42 Å². The van der Waals surface area contributed by atoms with Gasteiger partial charge in [0.2, 0.25) is 0 Å². The Hall–Kier alpha value is 0.0700. The fourth-order valence-electron chi connectivity index (χ4n) is 0.105. The van der Waals surface area contributed by atoms with Crippen molar-refractivity contribution in [2.75, 3.05) is 0 Å². The molecule has 3 nitrogen and oxygen atoms in total. The summed E-state index contributed by atoms with van der Waals surface area (Å²) < 4.78 is 10.3. The van der Waals surface area contributed by atoms with E-state index in [1.165, 1.54) is 0 Å². The summed E-state index contributed by atoms with van der Waals surface area (Å²) in [5.41, 5.74) is 0. The van der Waals surface area contributed by atoms with E-state index < -0.39 is 11.0 Å². The van der Waals surface area contributed by atoms with Crippen LogP contribution in [0.5, 0.6) is 0 Å². The van der Waals surface area contributed by atoms with Crippen molar-refractivity contribution in [2.24, 2.45) is 0 Å². The van der Waals surface area contributed by atoms with Gasteiger partial charge >= 0.3 is 0 Å². The second-order valence-corrected chi connectivity index (χ2v) is 3.16. The van der Waals surface area contributed by atoms with Gasteiger partial charge in [-0.3, -0.25) is 0 Å². The highest BCUT2D eigenvalue weighted by atomic mass is 32.2. The van der Waals surface area contributed by atoms with Gasteiger partial charge in [-0.25, -0.2) is 4.21 Å². The smallest absolute Gasteiger partial charge is 0.118 e. The number of hydrogen-bond donors (Lipinski definition) is 2. The fourth-order valence-corrected chi connectivity index (χ4v) is 0.316. The summed E-state index contributed by atoms with van der Waals surface area (Å²) in [6.45, 7) is 3.50. The highest BCUT2D eigenvalue weighted by Gasteiger charge is 1.99. The third-order valence-corrected chi connectivity index (χ3v) is 1.55. The molecule has 0 aromatic rings. The van der Waals surface area contributed by atoms with Gasteiger partial charge in [0.15, 0.2) is 0 Å². The summed E-state index contributed by atoms with van der Waals surface area (Å²) in [6.07, 6.45) is 0. The van der Waals surface area contributed by atoms with Crippen LogP contribution >= 0.6 is 0 Å². The van der Waals surface area contributed by atoms with Gasteiger partial charge in [0.1, 0.15) is 11.0 Å². The number of hydrogen-bond acceptors (Lipinski definition) is 2. The van der Waals surface area contributed by atoms with Crippen molar-refractivity contribution in [3.8, 4) is 0 Å². The Kier molecular flexibility index (Phi) is 3.15. The Bertz CT molecular complexity index is 73.3. The van der Waals surface area contributed by atoms with Crippen LogP contribution in [-0.4, -0.2) is 14.7 Å². The van der Waals surface area contributed by atoms with Gasteiger partial charge in [-0.15, -0.1) is 4.89 Å². The van der Waals surface area contributed by atoms with Gasteiger partial charge in [0, 0.05) is 5.25 Å². The van der Waals surface area contributed by atoms with Gasteiger partial charge < -0.3 is 5.21 Å². The SMILES string of the molecule is CC(C)S(=O)NO. The second kappa shape index (κ2) is 3.12. The molecule has 0 rings (SSSR count). The molecular formula is C3H9NO2S. The largest absolute Gasteiger partial charge is 0.304 e. The van der Waals surface area contributed by atoms with E-state index in [0.29, 0.717) is 0 Å². The van der Waals surface area contributed by atoms with E-state index in [-0.39, 0.29) is 5.25 Å². The molecule has 0 spiro atoms. The average Bonchev–Trinajstić information content (AvgIpc) is 1.65. The van der Waals surface area contributed by atoms with Crippen LogP contribution in [0.4, 0.5) is 0 Å². The molecule has 0 fully saturated rings. The summed E-state index contributed by atoms with van der Waals surface area (Å²) in [5.74, 6) is 0. The molecule has 0 bridgehead atoms. The fraction of sp³-hybridized carbons (Fsp3) is 1.00. The van der Waals surface area contributed by atoms with E-state index in [4.69, 9.17) is 5.21 Å². The second-order valence-electron chi connectivity index (χ2n) is 1.44. The highest BCUT2D eigenvalue weighted by Crippen LogP contribution is 1.85. The van der Waals surface area contributed by atoms with Crippen LogP contribution in [-0.2, 0) is 11.0 Å². The van der Waals surface area contributed by atoms with Crippen molar-refractivity contribution in [3.05, 3.63) is 0 Å². The molecule has 1 unspecified atom stereocenters. The van der Waals surface area contributed by atoms with E-state index >= 15 is 0 Å². The van der Waals surface area contributed by atoms with E-state index in [0.717, 1.165) is 0 Å². The molecule has 2 N–H and O–H groups in total. The standard InChI is InChI=1S/C3H9NO2S/c1-3(2)7(6)4-5/h3-5H,1-2H3. The minimum absolute atomic E-state index is 0.0231. The molecule has 0 aromatic heterocycles. The van der Waals surface area contributed by atoms with Crippen molar-refractivity contribution >= 4 is 11.0 Å². The molecule has 44 valence electrons. The molecule has 0 saturated heterocycles. The van der Waals surface area contributed by atoms with E-state index in [1.54, 1.807) is 18.7 Å². The Labute approximate surface area is 45.3 Å². The average molecular weight is 123 g/mol. The maximum atomic E-state index is 10.3. The lowest BCUT2D eigenvalue weighted by Crippen LogP contribution is -2.19. The van der Waals surface area contributed by atoms with Crippen LogP contribution in [0.2, 0.25) is 0 Å². The lowest BCUT2D eigenvalue weighted by Gasteiger charge is -1.98. The Morgan fingerprint density at radius 2 is 2.14 bits per heavy atom. The molecule has 0 radical (unpaired) electrons. The highest BCUT2D eigenvalue weighted by molar-refractivity contribution is 7.83. The Balaban J connectivity index is 3.35. The Morgan fingerprint density at radius 3 is 2.14 bits per heavy atom. The normalized spacial score (nSPS) is 14.9. The van der Waals surface area contributed by atoms with Crippen LogP contribution in [0.25, 0.3) is 0 Å². The van der Waals surface area contributed by atoms with Crippen LogP contribution in [0, 0.1) is 0 Å². The van der Waals surface area contributed by atoms with Crippen LogP contribution in [0.15, 0.2) is 0 Å². The Morgan fingerprint density at radius 1 is 1.71 bits per heavy atom. The maximum absolute atomic E-state index is 10.3. The number of rotatable bonds is 2. The van der Waals surface area contributed by atoms with Gasteiger partial charge in [-0.05, 0) is 13.8 Å². The summed E-state index contributed by atoms with van der Waals surface area (Å²) in [5, 5.41) is 7.93. The lowest BCUT2D eigenvalue weighted by atomic mass is 10.6. The molecule has 1 atom stereocenters. The predicted molar refractivity (Wildman–Crippen MR) is 28.2 cm³/mol. The van der Waals surface area contributed by atoms with Gasteiger partial charge in [-0.2, -0.15) is 0 Å². The molecule has 0 aliphatic carbocycles. The van der Waals surface area contributed by atoms with Crippen molar-refractivity contribution in [1.29, 1.82) is 0 Å². The molecule has 0 aromatic carbocycles. The van der Waals surface area contributed by atoms with E-state index in [1.807, 2.05) is 0 Å². The summed E-state index contributed by atoms with van der Waals surface area (Å²) in [7, 11) is -1.27. The third-order valence-electron chi connectivity index (χ3n) is 0.518. The first-order valence-corrected chi connectivity index (χ1v) is 3.20. The first-order chi connectivity index (χ1) is 3.18. The van der Waals surface area contributed by atoms with Gasteiger partial charge in [0.25, 0.3) is 0 Å². The van der Waals surface area contributed by atoms with Crippen LogP contribution < -0.4 is 4.89 Å². The predicted octanol–water partition coefficient (Wildman–Crippen LogP) is 0.0373. The topological polar surface area (TPSA) is 49.3 Å². The minimum atomic E-state index is -1.27. The van der Waals surface area contributed by atoms with Crippen molar-refractivity contribution in [3.63, 3.8) is 0 Å². The van der Waals surface area contributed by atoms with E-state index in [2.05, 4.69) is 0 Å². The molecule has 0 saturated carbocycles. The first kappa shape index (κ1) is 7.07. The van der Waals surface area contributed by atoms with Crippen molar-refractivity contribution in [1.82, 2.24) is 4.89 Å². The van der Waals surface area contributed by atoms with E-state index in [9.17, 15) is 4.21 Å². The van der Waals surface area contributed by atoms with Crippen molar-refractivity contribution in [2.45, 2.75) is 19.1 Å². The molecule has 0 aliphatic heterocycles. The zero-order valence-electron chi connectivity index (χ0n) is 4.34. The quantitative estimate of drug-likeness (QED) is 0.509. The van der Waals surface area contributed by atoms with Gasteiger partial charge in [-0.1, -0.05) is 0 Å². The molecule has 0 amide bonds. The summed E-state index contributed by atoms with van der Waals surface area (Å²) >= 11 is 0. The minimum Gasteiger partial charge on any atom is -0.304 e.